The molecule has 0 spiro atoms. The largest absolute Gasteiger partial charge is 0.326 e. The van der Waals surface area contributed by atoms with Crippen LogP contribution in [0.1, 0.15) is 36.8 Å². The summed E-state index contributed by atoms with van der Waals surface area (Å²) >= 11 is 3.70. The van der Waals surface area contributed by atoms with Crippen molar-refractivity contribution in [2.75, 3.05) is 13.1 Å². The molecule has 3 rings (SSSR count). The quantitative estimate of drug-likeness (QED) is 0.832. The molecule has 1 aromatic rings. The van der Waals surface area contributed by atoms with Crippen molar-refractivity contribution in [3.05, 3.63) is 33.8 Å². The van der Waals surface area contributed by atoms with Gasteiger partial charge in [-0.1, -0.05) is 28.1 Å². The summed E-state index contributed by atoms with van der Waals surface area (Å²) in [5, 5.41) is 0. The van der Waals surface area contributed by atoms with Gasteiger partial charge in [-0.15, -0.1) is 0 Å². The SMILES string of the molecule is NCc1ccc(CN(CC2CC2)CC2CC2)c(Br)c1. The molecule has 0 heterocycles. The molecule has 3 heteroatoms. The average Bonchev–Trinajstić information content (AvgIpc) is 3.27. The fourth-order valence-corrected chi connectivity index (χ4v) is 3.17. The molecular formula is C16H23BrN2. The summed E-state index contributed by atoms with van der Waals surface area (Å²) in [6.45, 7) is 4.29. The van der Waals surface area contributed by atoms with Crippen LogP contribution in [0.5, 0.6) is 0 Å². The lowest BCUT2D eigenvalue weighted by molar-refractivity contribution is 0.244. The first-order chi connectivity index (χ1) is 9.24. The van der Waals surface area contributed by atoms with Gasteiger partial charge in [-0.05, 0) is 54.7 Å². The number of benzene rings is 1. The number of halogens is 1. The van der Waals surface area contributed by atoms with Crippen LogP contribution in [0.3, 0.4) is 0 Å². The minimum Gasteiger partial charge on any atom is -0.326 e. The van der Waals surface area contributed by atoms with Crippen LogP contribution in [-0.2, 0) is 13.1 Å². The predicted molar refractivity (Wildman–Crippen MR) is 82.8 cm³/mol. The Labute approximate surface area is 124 Å². The average molecular weight is 323 g/mol. The summed E-state index contributed by atoms with van der Waals surface area (Å²) in [6.07, 6.45) is 5.76. The third-order valence-corrected chi connectivity index (χ3v) is 4.91. The second-order valence-corrected chi connectivity index (χ2v) is 7.07. The molecule has 104 valence electrons. The summed E-state index contributed by atoms with van der Waals surface area (Å²) in [6, 6.07) is 6.56. The van der Waals surface area contributed by atoms with E-state index in [1.54, 1.807) is 0 Å². The molecule has 2 saturated carbocycles. The van der Waals surface area contributed by atoms with Gasteiger partial charge in [0.05, 0.1) is 0 Å². The number of nitrogens with zero attached hydrogens (tertiary/aromatic N) is 1. The van der Waals surface area contributed by atoms with Gasteiger partial charge in [-0.3, -0.25) is 4.90 Å². The number of nitrogens with two attached hydrogens (primary N) is 1. The molecule has 0 unspecified atom stereocenters. The molecule has 2 aliphatic rings. The van der Waals surface area contributed by atoms with E-state index in [0.29, 0.717) is 6.54 Å². The molecule has 0 amide bonds. The van der Waals surface area contributed by atoms with Crippen molar-refractivity contribution in [2.24, 2.45) is 17.6 Å². The van der Waals surface area contributed by atoms with Crippen molar-refractivity contribution in [3.63, 3.8) is 0 Å². The molecule has 2 nitrogen and oxygen atoms in total. The molecule has 2 aliphatic carbocycles. The zero-order valence-electron chi connectivity index (χ0n) is 11.4. The Morgan fingerprint density at radius 3 is 2.21 bits per heavy atom. The Balaban J connectivity index is 1.65. The van der Waals surface area contributed by atoms with Crippen LogP contribution in [0.25, 0.3) is 0 Å². The summed E-state index contributed by atoms with van der Waals surface area (Å²) in [5.41, 5.74) is 8.29. The maximum absolute atomic E-state index is 5.69. The minimum atomic E-state index is 0.618. The summed E-state index contributed by atoms with van der Waals surface area (Å²) in [5.74, 6) is 1.95. The first-order valence-electron chi connectivity index (χ1n) is 7.44. The van der Waals surface area contributed by atoms with Crippen LogP contribution >= 0.6 is 15.9 Å². The third-order valence-electron chi connectivity index (χ3n) is 4.17. The fraction of sp³-hybridized carbons (Fsp3) is 0.625. The third kappa shape index (κ3) is 4.04. The predicted octanol–water partition coefficient (Wildman–Crippen LogP) is 3.53. The number of hydrogen-bond donors (Lipinski definition) is 1. The highest BCUT2D eigenvalue weighted by Gasteiger charge is 2.29. The summed E-state index contributed by atoms with van der Waals surface area (Å²) < 4.78 is 1.21. The molecule has 19 heavy (non-hydrogen) atoms. The molecule has 0 aromatic heterocycles. The Morgan fingerprint density at radius 1 is 1.11 bits per heavy atom. The van der Waals surface area contributed by atoms with Crippen LogP contribution in [-0.4, -0.2) is 18.0 Å². The Morgan fingerprint density at radius 2 is 1.74 bits per heavy atom. The van der Waals surface area contributed by atoms with Gasteiger partial charge in [0.2, 0.25) is 0 Å². The van der Waals surface area contributed by atoms with Gasteiger partial charge in [-0.25, -0.2) is 0 Å². The lowest BCUT2D eigenvalue weighted by atomic mass is 10.1. The van der Waals surface area contributed by atoms with Crippen LogP contribution in [0.2, 0.25) is 0 Å². The minimum absolute atomic E-state index is 0.618. The second-order valence-electron chi connectivity index (χ2n) is 6.21. The molecule has 0 bridgehead atoms. The zero-order valence-corrected chi connectivity index (χ0v) is 13.0. The highest BCUT2D eigenvalue weighted by Crippen LogP contribution is 2.34. The van der Waals surface area contributed by atoms with Crippen LogP contribution in [0.15, 0.2) is 22.7 Å². The maximum atomic E-state index is 5.69. The lowest BCUT2D eigenvalue weighted by Gasteiger charge is -2.23. The molecule has 0 atom stereocenters. The summed E-state index contributed by atoms with van der Waals surface area (Å²) in [4.78, 5) is 2.66. The smallest absolute Gasteiger partial charge is 0.0245 e. The van der Waals surface area contributed by atoms with Gasteiger partial charge in [0, 0.05) is 30.7 Å². The van der Waals surface area contributed by atoms with Crippen LogP contribution < -0.4 is 5.73 Å². The van der Waals surface area contributed by atoms with Crippen molar-refractivity contribution in [2.45, 2.75) is 38.8 Å². The molecule has 2 N–H and O–H groups in total. The lowest BCUT2D eigenvalue weighted by Crippen LogP contribution is -2.28. The molecule has 0 radical (unpaired) electrons. The van der Waals surface area contributed by atoms with Crippen molar-refractivity contribution in [1.29, 1.82) is 0 Å². The van der Waals surface area contributed by atoms with E-state index in [-0.39, 0.29) is 0 Å². The van der Waals surface area contributed by atoms with E-state index in [1.165, 1.54) is 54.4 Å². The van der Waals surface area contributed by atoms with E-state index in [9.17, 15) is 0 Å². The monoisotopic (exact) mass is 322 g/mol. The van der Waals surface area contributed by atoms with Crippen molar-refractivity contribution >= 4 is 15.9 Å². The standard InChI is InChI=1S/C16H23BrN2/c17-16-7-14(8-18)5-6-15(16)11-19(9-12-1-2-12)10-13-3-4-13/h5-7,12-13H,1-4,8-11,18H2. The van der Waals surface area contributed by atoms with E-state index >= 15 is 0 Å². The van der Waals surface area contributed by atoms with Crippen LogP contribution in [0, 0.1) is 11.8 Å². The second kappa shape index (κ2) is 5.94. The first kappa shape index (κ1) is 13.6. The topological polar surface area (TPSA) is 29.3 Å². The van der Waals surface area contributed by atoms with Gasteiger partial charge in [0.25, 0.3) is 0 Å². The van der Waals surface area contributed by atoms with Crippen molar-refractivity contribution < 1.29 is 0 Å². The van der Waals surface area contributed by atoms with Crippen LogP contribution in [0.4, 0.5) is 0 Å². The first-order valence-corrected chi connectivity index (χ1v) is 8.23. The zero-order chi connectivity index (χ0) is 13.2. The van der Waals surface area contributed by atoms with Gasteiger partial charge in [-0.2, -0.15) is 0 Å². The highest BCUT2D eigenvalue weighted by molar-refractivity contribution is 9.10. The molecular weight excluding hydrogens is 300 g/mol. The van der Waals surface area contributed by atoms with Gasteiger partial charge in [0.15, 0.2) is 0 Å². The number of rotatable bonds is 7. The number of hydrogen-bond acceptors (Lipinski definition) is 2. The van der Waals surface area contributed by atoms with E-state index in [4.69, 9.17) is 5.73 Å². The van der Waals surface area contributed by atoms with Gasteiger partial charge >= 0.3 is 0 Å². The van der Waals surface area contributed by atoms with E-state index in [0.717, 1.165) is 18.4 Å². The molecule has 0 aliphatic heterocycles. The Bertz CT molecular complexity index is 424. The maximum Gasteiger partial charge on any atom is 0.0245 e. The van der Waals surface area contributed by atoms with Gasteiger partial charge in [0.1, 0.15) is 0 Å². The van der Waals surface area contributed by atoms with E-state index in [1.807, 2.05) is 0 Å². The van der Waals surface area contributed by atoms with E-state index < -0.39 is 0 Å². The molecule has 2 fully saturated rings. The summed E-state index contributed by atoms with van der Waals surface area (Å²) in [7, 11) is 0. The van der Waals surface area contributed by atoms with Crippen molar-refractivity contribution in [3.8, 4) is 0 Å². The van der Waals surface area contributed by atoms with Crippen molar-refractivity contribution in [1.82, 2.24) is 4.90 Å². The Kier molecular flexibility index (Phi) is 4.25. The highest BCUT2D eigenvalue weighted by atomic mass is 79.9. The Hall–Kier alpha value is -0.380. The molecule has 1 aromatic carbocycles. The molecule has 0 saturated heterocycles. The van der Waals surface area contributed by atoms with E-state index in [2.05, 4.69) is 39.0 Å². The normalized spacial score (nSPS) is 19.1. The fourth-order valence-electron chi connectivity index (χ4n) is 2.62. The van der Waals surface area contributed by atoms with Gasteiger partial charge < -0.3 is 5.73 Å².